The van der Waals surface area contributed by atoms with Crippen LogP contribution in [0.15, 0.2) is 17.1 Å². The summed E-state index contributed by atoms with van der Waals surface area (Å²) < 4.78 is 8.17. The highest BCUT2D eigenvalue weighted by Gasteiger charge is 1.96. The molecule has 0 N–H and O–H groups in total. The molecule has 0 saturated carbocycles. The fourth-order valence-electron chi connectivity index (χ4n) is 0.959. The van der Waals surface area contributed by atoms with Crippen molar-refractivity contribution in [3.8, 4) is 0 Å². The molecule has 0 saturated heterocycles. The second-order valence-corrected chi connectivity index (χ2v) is 3.15. The summed E-state index contributed by atoms with van der Waals surface area (Å²) in [5, 5.41) is 0. The van der Waals surface area contributed by atoms with Crippen LogP contribution in [0.2, 0.25) is 0 Å². The molecule has 4 heteroatoms. The molecular weight excluding hydrogens is 220 g/mol. The average Bonchev–Trinajstić information content (AvgIpc) is 2.46. The van der Waals surface area contributed by atoms with Crippen molar-refractivity contribution in [3.63, 3.8) is 0 Å². The minimum absolute atomic E-state index is 0.797. The minimum atomic E-state index is 0.797. The van der Waals surface area contributed by atoms with Gasteiger partial charge in [0.2, 0.25) is 0 Å². The number of aryl methyl sites for hydroxylation is 1. The second kappa shape index (κ2) is 5.32. The molecule has 0 fully saturated rings. The lowest BCUT2D eigenvalue weighted by molar-refractivity contribution is 0.141. The first-order valence-electron chi connectivity index (χ1n) is 4.09. The van der Waals surface area contributed by atoms with Gasteiger partial charge < -0.3 is 9.30 Å². The Hall–Kier alpha value is -0.350. The summed E-state index contributed by atoms with van der Waals surface area (Å²) in [4.78, 5) is 4.05. The fraction of sp³-hybridized carbons (Fsp3) is 0.625. The fourth-order valence-corrected chi connectivity index (χ4v) is 1.37. The quantitative estimate of drug-likeness (QED) is 0.728. The molecule has 0 aliphatic carbocycles. The molecule has 68 valence electrons. The minimum Gasteiger partial charge on any atom is -0.382 e. The predicted octanol–water partition coefficient (Wildman–Crippen LogP) is 2.07. The number of imidazole rings is 1. The van der Waals surface area contributed by atoms with Gasteiger partial charge in [0, 0.05) is 32.2 Å². The van der Waals surface area contributed by atoms with Crippen LogP contribution in [0.5, 0.6) is 0 Å². The van der Waals surface area contributed by atoms with Crippen molar-refractivity contribution in [1.82, 2.24) is 9.55 Å². The molecule has 1 heterocycles. The van der Waals surface area contributed by atoms with Gasteiger partial charge in [-0.05, 0) is 29.3 Å². The highest BCUT2D eigenvalue weighted by atomic mass is 79.9. The van der Waals surface area contributed by atoms with Gasteiger partial charge in [-0.2, -0.15) is 0 Å². The van der Waals surface area contributed by atoms with E-state index in [4.69, 9.17) is 4.74 Å². The van der Waals surface area contributed by atoms with Crippen molar-refractivity contribution in [2.24, 2.45) is 0 Å². The van der Waals surface area contributed by atoms with E-state index in [9.17, 15) is 0 Å². The molecule has 0 spiro atoms. The van der Waals surface area contributed by atoms with Crippen molar-refractivity contribution < 1.29 is 4.74 Å². The Morgan fingerprint density at radius 2 is 2.50 bits per heavy atom. The highest BCUT2D eigenvalue weighted by Crippen LogP contribution is 2.06. The van der Waals surface area contributed by atoms with Crippen LogP contribution in [-0.4, -0.2) is 22.8 Å². The standard InChI is InChI=1S/C8H13BrN2O/c1-2-12-7-3-5-11-6-4-10-8(11)9/h4,6H,2-3,5,7H2,1H3. The van der Waals surface area contributed by atoms with Crippen LogP contribution in [0.1, 0.15) is 13.3 Å². The van der Waals surface area contributed by atoms with Gasteiger partial charge >= 0.3 is 0 Å². The zero-order chi connectivity index (χ0) is 8.81. The smallest absolute Gasteiger partial charge is 0.177 e. The number of hydrogen-bond acceptors (Lipinski definition) is 2. The van der Waals surface area contributed by atoms with Crippen LogP contribution in [0.4, 0.5) is 0 Å². The highest BCUT2D eigenvalue weighted by molar-refractivity contribution is 9.10. The Morgan fingerprint density at radius 1 is 1.67 bits per heavy atom. The van der Waals surface area contributed by atoms with Gasteiger partial charge in [-0.15, -0.1) is 0 Å². The van der Waals surface area contributed by atoms with Gasteiger partial charge in [-0.25, -0.2) is 4.98 Å². The maximum atomic E-state index is 5.22. The lowest BCUT2D eigenvalue weighted by Crippen LogP contribution is -2.01. The molecular formula is C8H13BrN2O. The van der Waals surface area contributed by atoms with E-state index >= 15 is 0 Å². The summed E-state index contributed by atoms with van der Waals surface area (Å²) >= 11 is 3.35. The monoisotopic (exact) mass is 232 g/mol. The Morgan fingerprint density at radius 3 is 3.08 bits per heavy atom. The molecule has 1 rings (SSSR count). The first-order chi connectivity index (χ1) is 5.84. The Balaban J connectivity index is 2.20. The van der Waals surface area contributed by atoms with Gasteiger partial charge in [0.15, 0.2) is 4.73 Å². The lowest BCUT2D eigenvalue weighted by atomic mass is 10.4. The molecule has 3 nitrogen and oxygen atoms in total. The molecule has 1 aromatic heterocycles. The number of halogens is 1. The summed E-state index contributed by atoms with van der Waals surface area (Å²) in [5.41, 5.74) is 0. The van der Waals surface area contributed by atoms with E-state index in [0.29, 0.717) is 0 Å². The Bertz CT molecular complexity index is 225. The molecule has 12 heavy (non-hydrogen) atoms. The molecule has 0 aliphatic heterocycles. The first kappa shape index (κ1) is 9.74. The van der Waals surface area contributed by atoms with Crippen LogP contribution in [0.25, 0.3) is 0 Å². The van der Waals surface area contributed by atoms with Crippen LogP contribution in [0.3, 0.4) is 0 Å². The molecule has 0 amide bonds. The zero-order valence-corrected chi connectivity index (χ0v) is 8.75. The topological polar surface area (TPSA) is 27.1 Å². The van der Waals surface area contributed by atoms with Gasteiger partial charge in [-0.1, -0.05) is 0 Å². The SMILES string of the molecule is CCOCCCn1ccnc1Br. The van der Waals surface area contributed by atoms with Crippen molar-refractivity contribution >= 4 is 15.9 Å². The molecule has 0 bridgehead atoms. The van der Waals surface area contributed by atoms with E-state index in [1.54, 1.807) is 6.20 Å². The van der Waals surface area contributed by atoms with E-state index in [1.165, 1.54) is 0 Å². The third-order valence-electron chi connectivity index (χ3n) is 1.56. The van der Waals surface area contributed by atoms with Crippen molar-refractivity contribution in [3.05, 3.63) is 17.1 Å². The zero-order valence-electron chi connectivity index (χ0n) is 7.16. The third-order valence-corrected chi connectivity index (χ3v) is 2.22. The largest absolute Gasteiger partial charge is 0.382 e. The molecule has 0 aliphatic rings. The maximum absolute atomic E-state index is 5.22. The normalized spacial score (nSPS) is 10.5. The van der Waals surface area contributed by atoms with Gasteiger partial charge in [-0.3, -0.25) is 0 Å². The molecule has 0 radical (unpaired) electrons. The number of ether oxygens (including phenoxy) is 1. The first-order valence-corrected chi connectivity index (χ1v) is 4.88. The van der Waals surface area contributed by atoms with Crippen LogP contribution < -0.4 is 0 Å². The summed E-state index contributed by atoms with van der Waals surface area (Å²) in [6, 6.07) is 0. The van der Waals surface area contributed by atoms with Crippen LogP contribution >= 0.6 is 15.9 Å². The molecule has 0 aromatic carbocycles. The van der Waals surface area contributed by atoms with E-state index in [2.05, 4.69) is 25.5 Å². The lowest BCUT2D eigenvalue weighted by Gasteiger charge is -2.03. The van der Waals surface area contributed by atoms with Gasteiger partial charge in [0.05, 0.1) is 0 Å². The second-order valence-electron chi connectivity index (χ2n) is 2.44. The van der Waals surface area contributed by atoms with E-state index in [-0.39, 0.29) is 0 Å². The predicted molar refractivity (Wildman–Crippen MR) is 51.0 cm³/mol. The van der Waals surface area contributed by atoms with Crippen molar-refractivity contribution in [2.75, 3.05) is 13.2 Å². The van der Waals surface area contributed by atoms with Gasteiger partial charge in [0.1, 0.15) is 0 Å². The van der Waals surface area contributed by atoms with E-state index < -0.39 is 0 Å². The van der Waals surface area contributed by atoms with E-state index in [0.717, 1.165) is 30.9 Å². The summed E-state index contributed by atoms with van der Waals surface area (Å²) in [6.45, 7) is 4.58. The number of nitrogens with zero attached hydrogens (tertiary/aromatic N) is 2. The Labute approximate surface area is 80.9 Å². The molecule has 0 unspecified atom stereocenters. The third kappa shape index (κ3) is 2.95. The molecule has 0 atom stereocenters. The average molecular weight is 233 g/mol. The van der Waals surface area contributed by atoms with Crippen molar-refractivity contribution in [2.45, 2.75) is 19.9 Å². The number of rotatable bonds is 5. The number of hydrogen-bond donors (Lipinski definition) is 0. The van der Waals surface area contributed by atoms with Crippen molar-refractivity contribution in [1.29, 1.82) is 0 Å². The molecule has 1 aromatic rings. The van der Waals surface area contributed by atoms with Gasteiger partial charge in [0.25, 0.3) is 0 Å². The summed E-state index contributed by atoms with van der Waals surface area (Å²) in [7, 11) is 0. The maximum Gasteiger partial charge on any atom is 0.177 e. The van der Waals surface area contributed by atoms with Crippen LogP contribution in [0, 0.1) is 0 Å². The van der Waals surface area contributed by atoms with E-state index in [1.807, 2.05) is 13.1 Å². The Kier molecular flexibility index (Phi) is 4.32. The summed E-state index contributed by atoms with van der Waals surface area (Å²) in [5.74, 6) is 0. The van der Waals surface area contributed by atoms with Crippen LogP contribution in [-0.2, 0) is 11.3 Å². The summed E-state index contributed by atoms with van der Waals surface area (Å²) in [6.07, 6.45) is 4.77. The number of aromatic nitrogens is 2.